The highest BCUT2D eigenvalue weighted by molar-refractivity contribution is 7.17. The van der Waals surface area contributed by atoms with Crippen LogP contribution in [0.25, 0.3) is 10.6 Å². The number of halogens is 1. The quantitative estimate of drug-likeness (QED) is 0.863. The van der Waals surface area contributed by atoms with Crippen LogP contribution >= 0.6 is 22.9 Å². The van der Waals surface area contributed by atoms with Gasteiger partial charge in [-0.2, -0.15) is 0 Å². The first-order valence-electron chi connectivity index (χ1n) is 6.12. The van der Waals surface area contributed by atoms with Gasteiger partial charge in [0.1, 0.15) is 9.88 Å². The molecule has 6 heteroatoms. The summed E-state index contributed by atoms with van der Waals surface area (Å²) in [6.07, 6.45) is 0. The molecule has 0 saturated heterocycles. The van der Waals surface area contributed by atoms with Crippen LogP contribution in [0.5, 0.6) is 0 Å². The number of ether oxygens (including phenoxy) is 1. The maximum absolute atomic E-state index is 12.0. The topological polar surface area (TPSA) is 51.2 Å². The number of carbonyl (C=O) groups is 1. The van der Waals surface area contributed by atoms with Crippen LogP contribution in [0.15, 0.2) is 24.3 Å². The van der Waals surface area contributed by atoms with E-state index in [2.05, 4.69) is 10.3 Å². The molecule has 0 aliphatic rings. The predicted octanol–water partition coefficient (Wildman–Crippen LogP) is 3.15. The van der Waals surface area contributed by atoms with Gasteiger partial charge in [0.15, 0.2) is 0 Å². The van der Waals surface area contributed by atoms with Gasteiger partial charge in [-0.05, 0) is 19.1 Å². The minimum Gasteiger partial charge on any atom is -0.383 e. The van der Waals surface area contributed by atoms with Gasteiger partial charge in [-0.25, -0.2) is 4.98 Å². The van der Waals surface area contributed by atoms with E-state index in [0.29, 0.717) is 23.1 Å². The van der Waals surface area contributed by atoms with E-state index in [-0.39, 0.29) is 5.91 Å². The fourth-order valence-electron chi connectivity index (χ4n) is 1.67. The number of aromatic nitrogens is 1. The molecule has 0 aliphatic heterocycles. The Morgan fingerprint density at radius 1 is 1.40 bits per heavy atom. The number of carbonyl (C=O) groups excluding carboxylic acids is 1. The highest BCUT2D eigenvalue weighted by Gasteiger charge is 2.15. The van der Waals surface area contributed by atoms with Crippen LogP contribution in [-0.4, -0.2) is 31.2 Å². The molecule has 0 fully saturated rings. The summed E-state index contributed by atoms with van der Waals surface area (Å²) in [7, 11) is 1.60. The molecule has 2 rings (SSSR count). The largest absolute Gasteiger partial charge is 0.383 e. The van der Waals surface area contributed by atoms with Crippen molar-refractivity contribution in [1.82, 2.24) is 10.3 Å². The van der Waals surface area contributed by atoms with Crippen molar-refractivity contribution in [1.29, 1.82) is 0 Å². The number of nitrogens with zero attached hydrogens (tertiary/aromatic N) is 1. The van der Waals surface area contributed by atoms with Gasteiger partial charge in [0, 0.05) is 24.2 Å². The van der Waals surface area contributed by atoms with Gasteiger partial charge in [0.05, 0.1) is 12.3 Å². The zero-order valence-electron chi connectivity index (χ0n) is 11.3. The van der Waals surface area contributed by atoms with Gasteiger partial charge in [0.25, 0.3) is 5.91 Å². The minimum atomic E-state index is -0.114. The second-order valence-corrected chi connectivity index (χ2v) is 5.62. The Balaban J connectivity index is 2.16. The molecule has 106 valence electrons. The third kappa shape index (κ3) is 3.56. The SMILES string of the molecule is COCCNC(=O)c1sc(-c2ccc(Cl)cc2)nc1C. The summed E-state index contributed by atoms with van der Waals surface area (Å²) in [5.41, 5.74) is 1.69. The summed E-state index contributed by atoms with van der Waals surface area (Å²) in [4.78, 5) is 17.1. The van der Waals surface area contributed by atoms with Crippen LogP contribution in [-0.2, 0) is 4.74 Å². The van der Waals surface area contributed by atoms with Crippen molar-refractivity contribution in [3.63, 3.8) is 0 Å². The second kappa shape index (κ2) is 6.83. The molecule has 0 atom stereocenters. The number of methoxy groups -OCH3 is 1. The first-order chi connectivity index (χ1) is 9.61. The molecular formula is C14H15ClN2O2S. The monoisotopic (exact) mass is 310 g/mol. The lowest BCUT2D eigenvalue weighted by molar-refractivity contribution is 0.0940. The number of amides is 1. The maximum atomic E-state index is 12.0. The number of benzene rings is 1. The summed E-state index contributed by atoms with van der Waals surface area (Å²) >= 11 is 7.24. The van der Waals surface area contributed by atoms with E-state index in [9.17, 15) is 4.79 Å². The molecular weight excluding hydrogens is 296 g/mol. The van der Waals surface area contributed by atoms with E-state index < -0.39 is 0 Å². The zero-order chi connectivity index (χ0) is 14.5. The number of thiazole rings is 1. The van der Waals surface area contributed by atoms with E-state index in [0.717, 1.165) is 16.3 Å². The Bertz CT molecular complexity index is 596. The van der Waals surface area contributed by atoms with Crippen molar-refractivity contribution in [2.75, 3.05) is 20.3 Å². The van der Waals surface area contributed by atoms with Crippen LogP contribution in [0.1, 0.15) is 15.4 Å². The molecule has 1 aromatic heterocycles. The molecule has 0 spiro atoms. The molecule has 0 unspecified atom stereocenters. The summed E-state index contributed by atoms with van der Waals surface area (Å²) in [5, 5.41) is 4.30. The molecule has 20 heavy (non-hydrogen) atoms. The summed E-state index contributed by atoms with van der Waals surface area (Å²) < 4.78 is 4.90. The number of rotatable bonds is 5. The Labute approximate surface area is 126 Å². The van der Waals surface area contributed by atoms with E-state index in [1.54, 1.807) is 7.11 Å². The fraction of sp³-hybridized carbons (Fsp3) is 0.286. The highest BCUT2D eigenvalue weighted by Crippen LogP contribution is 2.28. The minimum absolute atomic E-state index is 0.114. The van der Waals surface area contributed by atoms with Gasteiger partial charge in [-0.1, -0.05) is 23.7 Å². The number of hydrogen-bond acceptors (Lipinski definition) is 4. The molecule has 0 radical (unpaired) electrons. The van der Waals surface area contributed by atoms with Crippen LogP contribution in [0.2, 0.25) is 5.02 Å². The van der Waals surface area contributed by atoms with E-state index in [4.69, 9.17) is 16.3 Å². The van der Waals surface area contributed by atoms with Gasteiger partial charge >= 0.3 is 0 Å². The number of nitrogens with one attached hydrogen (secondary N) is 1. The van der Waals surface area contributed by atoms with Crippen LogP contribution in [0.4, 0.5) is 0 Å². The second-order valence-electron chi connectivity index (χ2n) is 4.19. The highest BCUT2D eigenvalue weighted by atomic mass is 35.5. The maximum Gasteiger partial charge on any atom is 0.263 e. The number of hydrogen-bond donors (Lipinski definition) is 1. The van der Waals surface area contributed by atoms with Gasteiger partial charge in [0.2, 0.25) is 0 Å². The molecule has 1 amide bonds. The molecule has 0 bridgehead atoms. The molecule has 0 saturated carbocycles. The summed E-state index contributed by atoms with van der Waals surface area (Å²) in [6.45, 7) is 2.82. The van der Waals surface area contributed by atoms with Crippen molar-refractivity contribution in [3.8, 4) is 10.6 Å². The Hall–Kier alpha value is -1.43. The lowest BCUT2D eigenvalue weighted by Gasteiger charge is -2.02. The Morgan fingerprint density at radius 2 is 2.10 bits per heavy atom. The average molecular weight is 311 g/mol. The predicted molar refractivity (Wildman–Crippen MR) is 81.5 cm³/mol. The molecule has 4 nitrogen and oxygen atoms in total. The van der Waals surface area contributed by atoms with Crippen LogP contribution < -0.4 is 5.32 Å². The van der Waals surface area contributed by atoms with Crippen LogP contribution in [0, 0.1) is 6.92 Å². The van der Waals surface area contributed by atoms with Crippen LogP contribution in [0.3, 0.4) is 0 Å². The van der Waals surface area contributed by atoms with Crippen molar-refractivity contribution in [2.45, 2.75) is 6.92 Å². The van der Waals surface area contributed by atoms with Crippen molar-refractivity contribution >= 4 is 28.8 Å². The van der Waals surface area contributed by atoms with Crippen molar-refractivity contribution in [2.24, 2.45) is 0 Å². The third-order valence-corrected chi connectivity index (χ3v) is 4.14. The Kier molecular flexibility index (Phi) is 5.11. The lowest BCUT2D eigenvalue weighted by Crippen LogP contribution is -2.26. The molecule has 1 heterocycles. The van der Waals surface area contributed by atoms with E-state index >= 15 is 0 Å². The summed E-state index contributed by atoms with van der Waals surface area (Å²) in [5.74, 6) is -0.114. The standard InChI is InChI=1S/C14H15ClN2O2S/c1-9-12(13(18)16-7-8-19-2)20-14(17-9)10-3-5-11(15)6-4-10/h3-6H,7-8H2,1-2H3,(H,16,18). The lowest BCUT2D eigenvalue weighted by atomic mass is 10.2. The first kappa shape index (κ1) is 15.0. The normalized spacial score (nSPS) is 10.6. The van der Waals surface area contributed by atoms with Gasteiger partial charge in [-0.15, -0.1) is 11.3 Å². The van der Waals surface area contributed by atoms with Gasteiger partial charge in [-0.3, -0.25) is 4.79 Å². The van der Waals surface area contributed by atoms with Crippen molar-refractivity contribution in [3.05, 3.63) is 39.9 Å². The Morgan fingerprint density at radius 3 is 2.75 bits per heavy atom. The molecule has 1 N–H and O–H groups in total. The summed E-state index contributed by atoms with van der Waals surface area (Å²) in [6, 6.07) is 7.42. The smallest absolute Gasteiger partial charge is 0.263 e. The molecule has 2 aromatic rings. The number of aryl methyl sites for hydroxylation is 1. The van der Waals surface area contributed by atoms with Gasteiger partial charge < -0.3 is 10.1 Å². The first-order valence-corrected chi connectivity index (χ1v) is 7.31. The fourth-order valence-corrected chi connectivity index (χ4v) is 2.78. The van der Waals surface area contributed by atoms with E-state index in [1.165, 1.54) is 11.3 Å². The average Bonchev–Trinajstić information content (AvgIpc) is 2.82. The molecule has 0 aliphatic carbocycles. The third-order valence-electron chi connectivity index (χ3n) is 2.69. The van der Waals surface area contributed by atoms with E-state index in [1.807, 2.05) is 31.2 Å². The molecule has 1 aromatic carbocycles. The van der Waals surface area contributed by atoms with Crippen molar-refractivity contribution < 1.29 is 9.53 Å². The zero-order valence-corrected chi connectivity index (χ0v) is 12.8.